The van der Waals surface area contributed by atoms with Crippen LogP contribution in [-0.4, -0.2) is 0 Å². The van der Waals surface area contributed by atoms with Crippen LogP contribution in [0.4, 0.5) is 0 Å². The van der Waals surface area contributed by atoms with Crippen molar-refractivity contribution in [3.63, 3.8) is 0 Å². The van der Waals surface area contributed by atoms with Gasteiger partial charge in [0, 0.05) is 0 Å². The van der Waals surface area contributed by atoms with Crippen LogP contribution in [0.25, 0.3) is 0 Å². The molecule has 0 spiro atoms. The van der Waals surface area contributed by atoms with Crippen LogP contribution >= 0.6 is 0 Å². The maximum Gasteiger partial charge on any atom is 1.00 e. The van der Waals surface area contributed by atoms with Crippen LogP contribution in [0.3, 0.4) is 0 Å². The molecule has 0 unspecified atom stereocenters. The van der Waals surface area contributed by atoms with Crippen molar-refractivity contribution >= 4 is 0 Å². The molecule has 5 heavy (non-hydrogen) atoms. The third kappa shape index (κ3) is 106. The van der Waals surface area contributed by atoms with E-state index in [1.165, 1.54) is 0 Å². The summed E-state index contributed by atoms with van der Waals surface area (Å²) in [4.78, 5) is 0. The summed E-state index contributed by atoms with van der Waals surface area (Å²) in [5.41, 5.74) is 0. The van der Waals surface area contributed by atoms with Crippen LogP contribution in [0.2, 0.25) is 0 Å². The molecule has 0 aromatic carbocycles. The van der Waals surface area contributed by atoms with Crippen molar-refractivity contribution < 1.29 is 17.1 Å². The van der Waals surface area contributed by atoms with Crippen molar-refractivity contribution in [2.75, 3.05) is 0 Å². The Hall–Kier alpha value is 0.519. The first kappa shape index (κ1) is 9.10. The molecule has 0 rings (SSSR count). The molecule has 0 aliphatic carbocycles. The van der Waals surface area contributed by atoms with Gasteiger partial charge in [0.05, 0.1) is 0 Å². The van der Waals surface area contributed by atoms with Crippen molar-refractivity contribution in [2.45, 2.75) is 13.8 Å². The Labute approximate surface area is 44.4 Å². The summed E-state index contributed by atoms with van der Waals surface area (Å²) in [5.74, 6) is 0.583. The molecule has 0 aliphatic rings. The largest absolute Gasteiger partial charge is 1.00 e. The van der Waals surface area contributed by atoms with Crippen molar-refractivity contribution in [1.82, 2.24) is 0 Å². The van der Waals surface area contributed by atoms with Gasteiger partial charge in [-0.1, -0.05) is 13.8 Å². The van der Waals surface area contributed by atoms with Gasteiger partial charge < -0.3 is 6.92 Å². The van der Waals surface area contributed by atoms with E-state index in [9.17, 15) is 0 Å². The SMILES string of the molecule is [CH2-]C(C)C.[Cu+]. The Morgan fingerprint density at radius 2 is 1.40 bits per heavy atom. The number of hydrogen-bond acceptors (Lipinski definition) is 0. The first-order chi connectivity index (χ1) is 1.73. The molecule has 0 radical (unpaired) electrons. The van der Waals surface area contributed by atoms with Crippen molar-refractivity contribution in [3.05, 3.63) is 6.92 Å². The molecule has 0 saturated carbocycles. The third-order valence-corrected chi connectivity index (χ3v) is 0. The second-order valence-electron chi connectivity index (χ2n) is 1.39. The van der Waals surface area contributed by atoms with E-state index in [0.29, 0.717) is 5.92 Å². The maximum atomic E-state index is 3.64. The molecule has 0 fully saturated rings. The Morgan fingerprint density at radius 1 is 1.40 bits per heavy atom. The smallest absolute Gasteiger partial charge is 0.341 e. The molecule has 0 aromatic rings. The fourth-order valence-electron chi connectivity index (χ4n) is 0. The van der Waals surface area contributed by atoms with E-state index >= 15 is 0 Å². The minimum atomic E-state index is 0. The summed E-state index contributed by atoms with van der Waals surface area (Å²) in [6, 6.07) is 0. The van der Waals surface area contributed by atoms with E-state index in [1.54, 1.807) is 0 Å². The van der Waals surface area contributed by atoms with Crippen LogP contribution in [0.15, 0.2) is 0 Å². The van der Waals surface area contributed by atoms with Gasteiger partial charge in [-0.05, 0) is 0 Å². The summed E-state index contributed by atoms with van der Waals surface area (Å²) in [5, 5.41) is 0. The zero-order chi connectivity index (χ0) is 3.58. The average molecular weight is 121 g/mol. The topological polar surface area (TPSA) is 0 Å². The molecule has 0 amide bonds. The molecule has 0 aliphatic heterocycles. The van der Waals surface area contributed by atoms with E-state index in [0.717, 1.165) is 0 Å². The normalized spacial score (nSPS) is 7.20. The summed E-state index contributed by atoms with van der Waals surface area (Å²) >= 11 is 0. The molecular weight excluding hydrogens is 112 g/mol. The minimum Gasteiger partial charge on any atom is -0.341 e. The number of rotatable bonds is 0. The van der Waals surface area contributed by atoms with Gasteiger partial charge in [-0.15, -0.1) is 0 Å². The standard InChI is InChI=1S/C4H9.Cu/c1-4(2)3;/h4H,1H2,2-3H3;/q-1;+1. The molecule has 0 atom stereocenters. The second kappa shape index (κ2) is 4.52. The predicted octanol–water partition coefficient (Wildman–Crippen LogP) is 1.47. The van der Waals surface area contributed by atoms with Gasteiger partial charge in [0.15, 0.2) is 0 Å². The monoisotopic (exact) mass is 120 g/mol. The Morgan fingerprint density at radius 3 is 1.40 bits per heavy atom. The minimum absolute atomic E-state index is 0. The van der Waals surface area contributed by atoms with Gasteiger partial charge in [0.1, 0.15) is 0 Å². The van der Waals surface area contributed by atoms with Gasteiger partial charge in [-0.25, -0.2) is 0 Å². The van der Waals surface area contributed by atoms with Crippen molar-refractivity contribution in [2.24, 2.45) is 5.92 Å². The van der Waals surface area contributed by atoms with Gasteiger partial charge in [0.25, 0.3) is 0 Å². The zero-order valence-corrected chi connectivity index (χ0v) is 4.53. The predicted molar refractivity (Wildman–Crippen MR) is 20.2 cm³/mol. The molecule has 0 N–H and O–H groups in total. The summed E-state index contributed by atoms with van der Waals surface area (Å²) in [6.45, 7) is 7.75. The van der Waals surface area contributed by atoms with Crippen LogP contribution in [0, 0.1) is 12.8 Å². The fourth-order valence-corrected chi connectivity index (χ4v) is 0. The van der Waals surface area contributed by atoms with Crippen LogP contribution in [0.5, 0.6) is 0 Å². The van der Waals surface area contributed by atoms with Crippen LogP contribution < -0.4 is 0 Å². The van der Waals surface area contributed by atoms with E-state index in [4.69, 9.17) is 0 Å². The van der Waals surface area contributed by atoms with Crippen molar-refractivity contribution in [3.8, 4) is 0 Å². The molecule has 0 heterocycles. The Kier molecular flexibility index (Phi) is 8.23. The Balaban J connectivity index is 0. The van der Waals surface area contributed by atoms with Crippen LogP contribution in [-0.2, 0) is 17.1 Å². The van der Waals surface area contributed by atoms with Crippen molar-refractivity contribution in [1.29, 1.82) is 0 Å². The first-order valence-electron chi connectivity index (χ1n) is 1.56. The molecule has 0 nitrogen and oxygen atoms in total. The van der Waals surface area contributed by atoms with Gasteiger partial charge >= 0.3 is 17.1 Å². The van der Waals surface area contributed by atoms with E-state index < -0.39 is 0 Å². The Bertz CT molecular complexity index is 8.36. The summed E-state index contributed by atoms with van der Waals surface area (Å²) < 4.78 is 0. The molecule has 0 aromatic heterocycles. The second-order valence-corrected chi connectivity index (χ2v) is 1.39. The average Bonchev–Trinajstić information content (AvgIpc) is 0.811. The van der Waals surface area contributed by atoms with Gasteiger partial charge in [-0.2, -0.15) is 5.92 Å². The molecule has 36 valence electrons. The van der Waals surface area contributed by atoms with Crippen LogP contribution in [0.1, 0.15) is 13.8 Å². The first-order valence-corrected chi connectivity index (χ1v) is 1.56. The van der Waals surface area contributed by atoms with E-state index in [1.807, 2.05) is 0 Å². The van der Waals surface area contributed by atoms with Gasteiger partial charge in [0.2, 0.25) is 0 Å². The zero-order valence-electron chi connectivity index (χ0n) is 3.59. The fraction of sp³-hybridized carbons (Fsp3) is 0.750. The van der Waals surface area contributed by atoms with E-state index in [-0.39, 0.29) is 17.1 Å². The summed E-state index contributed by atoms with van der Waals surface area (Å²) in [6.07, 6.45) is 0. The quantitative estimate of drug-likeness (QED) is 0.336. The summed E-state index contributed by atoms with van der Waals surface area (Å²) in [7, 11) is 0. The third-order valence-electron chi connectivity index (χ3n) is 0. The maximum absolute atomic E-state index is 3.64. The number of hydrogen-bond donors (Lipinski definition) is 0. The molecule has 1 heteroatoms. The van der Waals surface area contributed by atoms with E-state index in [2.05, 4.69) is 20.8 Å². The molecule has 0 saturated heterocycles. The molecule has 0 bridgehead atoms. The van der Waals surface area contributed by atoms with Gasteiger partial charge in [-0.3, -0.25) is 0 Å². The molecular formula is C4H9Cu.